The van der Waals surface area contributed by atoms with E-state index in [1.54, 1.807) is 29.7 Å². The van der Waals surface area contributed by atoms with Gasteiger partial charge in [0.1, 0.15) is 11.4 Å². The normalized spacial score (nSPS) is 15.9. The van der Waals surface area contributed by atoms with E-state index in [-0.39, 0.29) is 29.3 Å². The van der Waals surface area contributed by atoms with Gasteiger partial charge in [-0.15, -0.1) is 0 Å². The molecule has 1 spiro atoms. The Bertz CT molecular complexity index is 1730. The lowest BCUT2D eigenvalue weighted by atomic mass is 9.59. The SMILES string of the molecule is C[C@@H](NC(=O)c1cncc(-c2cccnc2)c1)c1ccc(C(=C2CC3(C2)CN(C(=O)OC(C)(C)C)C3)c2ccc(F)cc2)cc1. The number of amides is 2. The van der Waals surface area contributed by atoms with Crippen LogP contribution in [0.4, 0.5) is 9.18 Å². The summed E-state index contributed by atoms with van der Waals surface area (Å²) in [5.41, 5.74) is 7.08. The average molecular weight is 605 g/mol. The third-order valence-corrected chi connectivity index (χ3v) is 8.41. The molecule has 0 unspecified atom stereocenters. The molecule has 2 fully saturated rings. The van der Waals surface area contributed by atoms with Gasteiger partial charge in [0.2, 0.25) is 0 Å². The molecule has 2 aliphatic rings. The van der Waals surface area contributed by atoms with Crippen molar-refractivity contribution in [3.05, 3.63) is 125 Å². The van der Waals surface area contributed by atoms with Crippen LogP contribution in [-0.4, -0.2) is 45.6 Å². The van der Waals surface area contributed by atoms with Crippen LogP contribution in [0.25, 0.3) is 16.7 Å². The van der Waals surface area contributed by atoms with Crippen molar-refractivity contribution < 1.29 is 18.7 Å². The predicted octanol–water partition coefficient (Wildman–Crippen LogP) is 7.61. The fraction of sp³-hybridized carbons (Fsp3) is 0.297. The first kappa shape index (κ1) is 30.2. The standard InChI is InChI=1S/C37H37FN4O3/c1-24(41-34(43)30-16-29(20-40-21-30)28-6-5-15-39-19-28)25-7-9-26(10-8-25)33(27-11-13-32(38)14-12-27)31-17-37(18-31)22-42(23-37)35(44)45-36(2,3)4/h5-16,19-21,24H,17-18,22-23H2,1-4H3,(H,41,43)/t24-/m1/s1. The first-order valence-corrected chi connectivity index (χ1v) is 15.2. The first-order chi connectivity index (χ1) is 21.5. The molecule has 230 valence electrons. The van der Waals surface area contributed by atoms with Gasteiger partial charge in [-0.1, -0.05) is 48.0 Å². The Kier molecular flexibility index (Phi) is 7.99. The van der Waals surface area contributed by atoms with Gasteiger partial charge in [-0.2, -0.15) is 0 Å². The van der Waals surface area contributed by atoms with E-state index in [0.29, 0.717) is 18.7 Å². The van der Waals surface area contributed by atoms with Gasteiger partial charge in [0.15, 0.2) is 0 Å². The van der Waals surface area contributed by atoms with Crippen LogP contribution in [0.15, 0.2) is 97.1 Å². The van der Waals surface area contributed by atoms with E-state index in [4.69, 9.17) is 4.74 Å². The zero-order valence-electron chi connectivity index (χ0n) is 26.0. The van der Waals surface area contributed by atoms with Crippen LogP contribution in [0.2, 0.25) is 0 Å². The van der Waals surface area contributed by atoms with Crippen LogP contribution < -0.4 is 5.32 Å². The molecule has 2 aromatic heterocycles. The van der Waals surface area contributed by atoms with E-state index < -0.39 is 5.60 Å². The van der Waals surface area contributed by atoms with Crippen molar-refractivity contribution in [2.24, 2.45) is 5.41 Å². The minimum absolute atomic E-state index is 0.0689. The lowest BCUT2D eigenvalue weighted by molar-refractivity contribution is -0.0500. The van der Waals surface area contributed by atoms with E-state index in [0.717, 1.165) is 46.2 Å². The van der Waals surface area contributed by atoms with Gasteiger partial charge in [0.25, 0.3) is 5.91 Å². The molecule has 8 heteroatoms. The van der Waals surface area contributed by atoms with Crippen molar-refractivity contribution in [2.75, 3.05) is 13.1 Å². The lowest BCUT2D eigenvalue weighted by Crippen LogP contribution is -2.62. The first-order valence-electron chi connectivity index (χ1n) is 15.2. The molecule has 1 aliphatic carbocycles. The molecule has 6 rings (SSSR count). The van der Waals surface area contributed by atoms with Gasteiger partial charge >= 0.3 is 6.09 Å². The highest BCUT2D eigenvalue weighted by molar-refractivity contribution is 5.95. The number of ether oxygens (including phenoxy) is 1. The summed E-state index contributed by atoms with van der Waals surface area (Å²) in [7, 11) is 0. The number of likely N-dealkylation sites (tertiary alicyclic amines) is 1. The van der Waals surface area contributed by atoms with Gasteiger partial charge in [0, 0.05) is 54.4 Å². The van der Waals surface area contributed by atoms with Crippen LogP contribution in [0, 0.1) is 11.2 Å². The number of hydrogen-bond donors (Lipinski definition) is 1. The number of benzene rings is 2. The summed E-state index contributed by atoms with van der Waals surface area (Å²) in [5, 5.41) is 3.09. The topological polar surface area (TPSA) is 84.4 Å². The number of pyridine rings is 2. The van der Waals surface area contributed by atoms with Crippen molar-refractivity contribution >= 4 is 17.6 Å². The molecular formula is C37H37FN4O3. The fourth-order valence-electron chi connectivity index (χ4n) is 6.22. The highest BCUT2D eigenvalue weighted by Crippen LogP contribution is 2.55. The summed E-state index contributed by atoms with van der Waals surface area (Å²) in [6, 6.07) is 20.1. The summed E-state index contributed by atoms with van der Waals surface area (Å²) in [6.07, 6.45) is 8.21. The highest BCUT2D eigenvalue weighted by atomic mass is 19.1. The molecule has 4 aromatic rings. The number of nitrogens with zero attached hydrogens (tertiary/aromatic N) is 3. The van der Waals surface area contributed by atoms with E-state index in [2.05, 4.69) is 27.4 Å². The summed E-state index contributed by atoms with van der Waals surface area (Å²) in [5.74, 6) is -0.485. The average Bonchev–Trinajstić information content (AvgIpc) is 2.98. The molecule has 1 aliphatic heterocycles. The highest BCUT2D eigenvalue weighted by Gasteiger charge is 2.53. The molecular weight excluding hydrogens is 567 g/mol. The summed E-state index contributed by atoms with van der Waals surface area (Å²) < 4.78 is 19.4. The maximum Gasteiger partial charge on any atom is 0.410 e. The number of nitrogens with one attached hydrogen (secondary N) is 1. The number of carbonyl (C=O) groups excluding carboxylic acids is 2. The van der Waals surface area contributed by atoms with Crippen LogP contribution in [0.1, 0.15) is 73.6 Å². The van der Waals surface area contributed by atoms with Gasteiger partial charge < -0.3 is 15.0 Å². The van der Waals surface area contributed by atoms with Gasteiger partial charge in [-0.25, -0.2) is 9.18 Å². The smallest absolute Gasteiger partial charge is 0.410 e. The number of halogens is 1. The Labute approximate surface area is 263 Å². The molecule has 2 aromatic carbocycles. The van der Waals surface area contributed by atoms with Crippen molar-refractivity contribution in [1.29, 1.82) is 0 Å². The molecule has 3 heterocycles. The van der Waals surface area contributed by atoms with E-state index >= 15 is 0 Å². The molecule has 0 bridgehead atoms. The number of rotatable bonds is 6. The molecule has 1 N–H and O–H groups in total. The largest absolute Gasteiger partial charge is 0.444 e. The minimum atomic E-state index is -0.519. The second kappa shape index (κ2) is 11.9. The molecule has 0 radical (unpaired) electrons. The number of carbonyl (C=O) groups is 2. The molecule has 1 atom stereocenters. The molecule has 2 amide bonds. The Morgan fingerprint density at radius 2 is 1.53 bits per heavy atom. The van der Waals surface area contributed by atoms with Crippen LogP contribution >= 0.6 is 0 Å². The van der Waals surface area contributed by atoms with Crippen LogP contribution in [0.3, 0.4) is 0 Å². The predicted molar refractivity (Wildman–Crippen MR) is 172 cm³/mol. The molecule has 1 saturated carbocycles. The lowest BCUT2D eigenvalue weighted by Gasteiger charge is -2.57. The summed E-state index contributed by atoms with van der Waals surface area (Å²) in [4.78, 5) is 35.8. The third kappa shape index (κ3) is 6.65. The Hall–Kier alpha value is -4.85. The Morgan fingerprint density at radius 1 is 0.889 bits per heavy atom. The summed E-state index contributed by atoms with van der Waals surface area (Å²) >= 11 is 0. The van der Waals surface area contributed by atoms with Crippen molar-refractivity contribution in [3.8, 4) is 11.1 Å². The number of aromatic nitrogens is 2. The number of hydrogen-bond acceptors (Lipinski definition) is 5. The second-order valence-electron chi connectivity index (χ2n) is 13.2. The van der Waals surface area contributed by atoms with Gasteiger partial charge in [-0.3, -0.25) is 14.8 Å². The minimum Gasteiger partial charge on any atom is -0.444 e. The zero-order valence-corrected chi connectivity index (χ0v) is 26.0. The molecule has 1 saturated heterocycles. The Balaban J connectivity index is 1.16. The van der Waals surface area contributed by atoms with Crippen molar-refractivity contribution in [1.82, 2.24) is 20.2 Å². The van der Waals surface area contributed by atoms with Crippen molar-refractivity contribution in [2.45, 2.75) is 52.2 Å². The van der Waals surface area contributed by atoms with Gasteiger partial charge in [-0.05, 0) is 87.1 Å². The number of allylic oxidation sites excluding steroid dienone is 1. The van der Waals surface area contributed by atoms with Crippen LogP contribution in [0.5, 0.6) is 0 Å². The summed E-state index contributed by atoms with van der Waals surface area (Å²) in [6.45, 7) is 8.94. The maximum atomic E-state index is 13.8. The van der Waals surface area contributed by atoms with E-state index in [9.17, 15) is 14.0 Å². The second-order valence-corrected chi connectivity index (χ2v) is 13.2. The van der Waals surface area contributed by atoms with Crippen molar-refractivity contribution in [3.63, 3.8) is 0 Å². The molecule has 45 heavy (non-hydrogen) atoms. The Morgan fingerprint density at radius 3 is 2.16 bits per heavy atom. The third-order valence-electron chi connectivity index (χ3n) is 8.41. The van der Waals surface area contributed by atoms with E-state index in [1.165, 1.54) is 17.7 Å². The quantitative estimate of drug-likeness (QED) is 0.245. The maximum absolute atomic E-state index is 13.8. The van der Waals surface area contributed by atoms with Crippen LogP contribution in [-0.2, 0) is 4.74 Å². The zero-order chi connectivity index (χ0) is 31.8. The van der Waals surface area contributed by atoms with E-state index in [1.807, 2.05) is 70.2 Å². The fourth-order valence-corrected chi connectivity index (χ4v) is 6.22. The molecule has 7 nitrogen and oxygen atoms in total. The monoisotopic (exact) mass is 604 g/mol. The van der Waals surface area contributed by atoms with Gasteiger partial charge in [0.05, 0.1) is 11.6 Å².